The molecule has 4 rings (SSSR count). The van der Waals surface area contributed by atoms with Crippen LogP contribution in [-0.4, -0.2) is 23.1 Å². The van der Waals surface area contributed by atoms with E-state index in [0.717, 1.165) is 22.9 Å². The normalized spacial score (nSPS) is 12.6. The van der Waals surface area contributed by atoms with Crippen molar-refractivity contribution in [1.29, 1.82) is 0 Å². The Morgan fingerprint density at radius 2 is 1.65 bits per heavy atom. The van der Waals surface area contributed by atoms with Crippen LogP contribution in [0.4, 0.5) is 5.69 Å². The average Bonchev–Trinajstić information content (AvgIpc) is 3.20. The van der Waals surface area contributed by atoms with Crippen molar-refractivity contribution in [3.63, 3.8) is 0 Å². The van der Waals surface area contributed by atoms with Crippen molar-refractivity contribution in [3.8, 4) is 0 Å². The molecule has 0 saturated heterocycles. The molecular formula is C22H20N4O3S2. The van der Waals surface area contributed by atoms with Crippen molar-refractivity contribution < 1.29 is 13.2 Å². The maximum Gasteiger partial charge on any atom is 0.247 e. The number of aromatic nitrogens is 2. The number of benzene rings is 3. The van der Waals surface area contributed by atoms with Gasteiger partial charge in [-0.25, -0.2) is 8.42 Å². The Hall–Kier alpha value is -3.14. The Bertz CT molecular complexity index is 1330. The van der Waals surface area contributed by atoms with Gasteiger partial charge in [0, 0.05) is 5.69 Å². The summed E-state index contributed by atoms with van der Waals surface area (Å²) in [6.07, 6.45) is 0. The molecule has 0 aliphatic carbocycles. The highest BCUT2D eigenvalue weighted by atomic mass is 32.2. The average molecular weight is 453 g/mol. The van der Waals surface area contributed by atoms with E-state index in [0.29, 0.717) is 16.8 Å². The van der Waals surface area contributed by atoms with Crippen LogP contribution in [0.3, 0.4) is 0 Å². The van der Waals surface area contributed by atoms with E-state index in [2.05, 4.69) is 18.8 Å². The summed E-state index contributed by atoms with van der Waals surface area (Å²) in [6, 6.07) is 18.0. The molecule has 9 heteroatoms. The minimum absolute atomic E-state index is 0.0149. The van der Waals surface area contributed by atoms with Gasteiger partial charge >= 0.3 is 0 Å². The molecule has 7 nitrogen and oxygen atoms in total. The lowest BCUT2D eigenvalue weighted by atomic mass is 10.1. The smallest absolute Gasteiger partial charge is 0.247 e. The van der Waals surface area contributed by atoms with Gasteiger partial charge < -0.3 is 5.32 Å². The number of hydrogen-bond acceptors (Lipinski definition) is 6. The fourth-order valence-corrected chi connectivity index (χ4v) is 5.35. The molecule has 0 unspecified atom stereocenters. The molecule has 3 aromatic carbocycles. The van der Waals surface area contributed by atoms with Gasteiger partial charge in [0.05, 0.1) is 11.7 Å². The molecule has 1 heterocycles. The second kappa shape index (κ2) is 8.54. The summed E-state index contributed by atoms with van der Waals surface area (Å²) in [5.41, 5.74) is 3.89. The fraction of sp³-hybridized carbons (Fsp3) is 0.136. The van der Waals surface area contributed by atoms with Gasteiger partial charge in [0.1, 0.15) is 22.0 Å². The zero-order chi connectivity index (χ0) is 22.0. The third kappa shape index (κ3) is 4.63. The van der Waals surface area contributed by atoms with Gasteiger partial charge in [-0.1, -0.05) is 42.5 Å². The summed E-state index contributed by atoms with van der Waals surface area (Å²) >= 11 is 0.938. The van der Waals surface area contributed by atoms with Crippen molar-refractivity contribution in [1.82, 2.24) is 13.5 Å². The predicted octanol–water partition coefficient (Wildman–Crippen LogP) is 3.97. The molecule has 0 radical (unpaired) electrons. The summed E-state index contributed by atoms with van der Waals surface area (Å²) in [7, 11) is -4.06. The van der Waals surface area contributed by atoms with Gasteiger partial charge in [0.2, 0.25) is 15.9 Å². The van der Waals surface area contributed by atoms with Crippen molar-refractivity contribution >= 4 is 44.4 Å². The number of carbonyl (C=O) groups is 1. The Balaban J connectivity index is 1.70. The van der Waals surface area contributed by atoms with E-state index in [1.54, 1.807) is 42.5 Å². The van der Waals surface area contributed by atoms with Crippen LogP contribution in [0.2, 0.25) is 0 Å². The van der Waals surface area contributed by atoms with Crippen molar-refractivity contribution in [2.75, 3.05) is 5.32 Å². The second-order valence-electron chi connectivity index (χ2n) is 7.22. The van der Waals surface area contributed by atoms with Gasteiger partial charge in [-0.05, 0) is 54.8 Å². The molecule has 0 fully saturated rings. The zero-order valence-electron chi connectivity index (χ0n) is 16.9. The molecule has 0 aliphatic heterocycles. The Kier molecular flexibility index (Phi) is 5.81. The number of nitrogens with one attached hydrogen (secondary N) is 2. The highest BCUT2D eigenvalue weighted by Gasteiger charge is 2.29. The summed E-state index contributed by atoms with van der Waals surface area (Å²) in [6.45, 7) is 3.87. The number of nitrogens with zero attached hydrogens (tertiary/aromatic N) is 2. The van der Waals surface area contributed by atoms with Crippen LogP contribution in [0.25, 0.3) is 11.0 Å². The van der Waals surface area contributed by atoms with Crippen molar-refractivity contribution in [2.45, 2.75) is 24.8 Å². The Morgan fingerprint density at radius 1 is 0.935 bits per heavy atom. The summed E-state index contributed by atoms with van der Waals surface area (Å²) in [4.78, 5) is 13.2. The number of fused-ring (bicyclic) bond motifs is 1. The van der Waals surface area contributed by atoms with Gasteiger partial charge in [-0.3, -0.25) is 4.79 Å². The van der Waals surface area contributed by atoms with Gasteiger partial charge in [0.15, 0.2) is 0 Å². The topological polar surface area (TPSA) is 101 Å². The monoisotopic (exact) mass is 452 g/mol. The third-order valence-electron chi connectivity index (χ3n) is 4.70. The molecule has 158 valence electrons. The molecular weight excluding hydrogens is 432 g/mol. The van der Waals surface area contributed by atoms with Gasteiger partial charge in [-0.2, -0.15) is 13.5 Å². The first kappa shape index (κ1) is 21.1. The van der Waals surface area contributed by atoms with E-state index in [1.807, 2.05) is 32.0 Å². The Labute approximate surface area is 184 Å². The molecule has 1 atom stereocenters. The number of rotatable bonds is 6. The lowest BCUT2D eigenvalue weighted by molar-refractivity contribution is -0.117. The maximum absolute atomic E-state index is 13.2. The largest absolute Gasteiger partial charge is 0.324 e. The standard InChI is InChI=1S/C22H20N4O3S2/c1-14-11-15(2)13-17(12-14)23-22(27)20(16-7-4-3-5-8-16)26-31(28,29)19-10-6-9-18-21(19)25-30-24-18/h3-13,20,26H,1-2H3,(H,23,27)/t20-/m0/s1. The summed E-state index contributed by atoms with van der Waals surface area (Å²) in [5, 5.41) is 2.84. The molecule has 0 bridgehead atoms. The van der Waals surface area contributed by atoms with E-state index in [1.165, 1.54) is 6.07 Å². The van der Waals surface area contributed by atoms with E-state index < -0.39 is 22.0 Å². The number of hydrogen-bond donors (Lipinski definition) is 2. The molecule has 1 aromatic heterocycles. The molecule has 0 saturated carbocycles. The maximum atomic E-state index is 13.2. The zero-order valence-corrected chi connectivity index (χ0v) is 18.5. The molecule has 2 N–H and O–H groups in total. The van der Waals surface area contributed by atoms with Crippen molar-refractivity contribution in [3.05, 3.63) is 83.4 Å². The number of amides is 1. The van der Waals surface area contributed by atoms with Crippen LogP contribution in [-0.2, 0) is 14.8 Å². The quantitative estimate of drug-likeness (QED) is 0.461. The first-order valence-corrected chi connectivity index (χ1v) is 11.7. The van der Waals surface area contributed by atoms with Crippen LogP contribution >= 0.6 is 11.7 Å². The highest BCUT2D eigenvalue weighted by molar-refractivity contribution is 7.89. The van der Waals surface area contributed by atoms with Gasteiger partial charge in [-0.15, -0.1) is 0 Å². The third-order valence-corrected chi connectivity index (χ3v) is 6.69. The van der Waals surface area contributed by atoms with Gasteiger partial charge in [0.25, 0.3) is 0 Å². The first-order chi connectivity index (χ1) is 14.8. The lowest BCUT2D eigenvalue weighted by Gasteiger charge is -2.19. The minimum atomic E-state index is -4.06. The second-order valence-corrected chi connectivity index (χ2v) is 9.43. The van der Waals surface area contributed by atoms with E-state index in [4.69, 9.17) is 0 Å². The molecule has 1 amide bonds. The van der Waals surface area contributed by atoms with Crippen molar-refractivity contribution in [2.24, 2.45) is 0 Å². The SMILES string of the molecule is Cc1cc(C)cc(NC(=O)[C@@H](NS(=O)(=O)c2cccc3nsnc23)c2ccccc2)c1. The summed E-state index contributed by atoms with van der Waals surface area (Å²) < 4.78 is 37.2. The van der Waals surface area contributed by atoms with Crippen LogP contribution in [0.5, 0.6) is 0 Å². The predicted molar refractivity (Wildman–Crippen MR) is 121 cm³/mol. The van der Waals surface area contributed by atoms with Crippen LogP contribution < -0.4 is 10.0 Å². The molecule has 0 aliphatic rings. The molecule has 31 heavy (non-hydrogen) atoms. The van der Waals surface area contributed by atoms with Crippen LogP contribution in [0, 0.1) is 13.8 Å². The number of carbonyl (C=O) groups excluding carboxylic acids is 1. The first-order valence-electron chi connectivity index (χ1n) is 9.51. The number of anilines is 1. The highest BCUT2D eigenvalue weighted by Crippen LogP contribution is 2.25. The lowest BCUT2D eigenvalue weighted by Crippen LogP contribution is -2.37. The van der Waals surface area contributed by atoms with Crippen LogP contribution in [0.15, 0.2) is 71.6 Å². The summed E-state index contributed by atoms with van der Waals surface area (Å²) in [5.74, 6) is -0.483. The Morgan fingerprint density at radius 3 is 2.35 bits per heavy atom. The molecule has 4 aromatic rings. The number of aryl methyl sites for hydroxylation is 2. The number of sulfonamides is 1. The van der Waals surface area contributed by atoms with Crippen LogP contribution in [0.1, 0.15) is 22.7 Å². The fourth-order valence-electron chi connectivity index (χ4n) is 3.40. The van der Waals surface area contributed by atoms with E-state index >= 15 is 0 Å². The van der Waals surface area contributed by atoms with E-state index in [9.17, 15) is 13.2 Å². The van der Waals surface area contributed by atoms with E-state index in [-0.39, 0.29) is 10.4 Å². The minimum Gasteiger partial charge on any atom is -0.324 e. The molecule has 0 spiro atoms.